The molecule has 3 aromatic rings. The van der Waals surface area contributed by atoms with Crippen LogP contribution in [0.5, 0.6) is 0 Å². The number of piperazine rings is 1. The Morgan fingerprint density at radius 3 is 2.37 bits per heavy atom. The van der Waals surface area contributed by atoms with Crippen LogP contribution in [0.25, 0.3) is 5.69 Å². The van der Waals surface area contributed by atoms with Gasteiger partial charge in [0.2, 0.25) is 5.91 Å². The van der Waals surface area contributed by atoms with E-state index in [1.54, 1.807) is 4.90 Å². The molecule has 2 aromatic carbocycles. The first-order chi connectivity index (χ1) is 13.2. The van der Waals surface area contributed by atoms with Gasteiger partial charge >= 0.3 is 0 Å². The molecule has 1 aliphatic rings. The van der Waals surface area contributed by atoms with Gasteiger partial charge in [0, 0.05) is 43.2 Å². The molecule has 1 aromatic heterocycles. The minimum atomic E-state index is -0.488. The van der Waals surface area contributed by atoms with Gasteiger partial charge in [-0.15, -0.1) is 0 Å². The van der Waals surface area contributed by atoms with E-state index in [1.165, 1.54) is 0 Å². The lowest BCUT2D eigenvalue weighted by atomic mass is 10.0. The summed E-state index contributed by atoms with van der Waals surface area (Å²) in [7, 11) is 0. The van der Waals surface area contributed by atoms with Gasteiger partial charge in [0.25, 0.3) is 5.91 Å². The molecule has 4 rings (SSSR count). The minimum Gasteiger partial charge on any atom is -0.353 e. The van der Waals surface area contributed by atoms with Gasteiger partial charge in [-0.25, -0.2) is 0 Å². The van der Waals surface area contributed by atoms with Crippen LogP contribution >= 0.6 is 0 Å². The lowest BCUT2D eigenvalue weighted by Crippen LogP contribution is -2.58. The summed E-state index contributed by atoms with van der Waals surface area (Å²) in [6, 6.07) is 20.7. The van der Waals surface area contributed by atoms with Crippen LogP contribution in [-0.2, 0) is 11.2 Å². The lowest BCUT2D eigenvalue weighted by molar-refractivity contribution is -0.127. The molecule has 2 heterocycles. The number of carbonyl (C=O) groups is 2. The molecule has 5 heteroatoms. The van der Waals surface area contributed by atoms with Crippen molar-refractivity contribution in [1.29, 1.82) is 0 Å². The van der Waals surface area contributed by atoms with Gasteiger partial charge in [-0.05, 0) is 42.0 Å². The zero-order valence-corrected chi connectivity index (χ0v) is 14.9. The Bertz CT molecular complexity index is 918. The van der Waals surface area contributed by atoms with Gasteiger partial charge in [-0.1, -0.05) is 30.3 Å². The number of aromatic nitrogens is 1. The van der Waals surface area contributed by atoms with Crippen LogP contribution in [0.3, 0.4) is 0 Å². The predicted octanol–water partition coefficient (Wildman–Crippen LogP) is 2.66. The van der Waals surface area contributed by atoms with E-state index in [4.69, 9.17) is 0 Å². The summed E-state index contributed by atoms with van der Waals surface area (Å²) in [5.41, 5.74) is 2.63. The van der Waals surface area contributed by atoms with Gasteiger partial charge in [0.1, 0.15) is 6.04 Å². The molecule has 1 atom stereocenters. The molecule has 0 radical (unpaired) electrons. The Kier molecular flexibility index (Phi) is 4.75. The lowest BCUT2D eigenvalue weighted by Gasteiger charge is -2.35. The van der Waals surface area contributed by atoms with Crippen LogP contribution in [0.2, 0.25) is 0 Å². The third-order valence-corrected chi connectivity index (χ3v) is 4.88. The first-order valence-electron chi connectivity index (χ1n) is 9.08. The zero-order valence-electron chi connectivity index (χ0n) is 14.9. The average Bonchev–Trinajstić information content (AvgIpc) is 3.25. The number of hydrogen-bond acceptors (Lipinski definition) is 2. The summed E-state index contributed by atoms with van der Waals surface area (Å²) in [6.45, 7) is 0.999. The van der Waals surface area contributed by atoms with E-state index in [-0.39, 0.29) is 11.8 Å². The Morgan fingerprint density at radius 1 is 0.963 bits per heavy atom. The number of hydrogen-bond donors (Lipinski definition) is 1. The standard InChI is InChI=1S/C22H21N3O2/c26-21-20(16-17-6-2-1-3-7-17)25(15-12-23-21)22(27)18-8-10-19(11-9-18)24-13-4-5-14-24/h1-11,13-14,20H,12,15-16H2,(H,23,26)/t20-/m1/s1. The molecule has 0 spiro atoms. The second kappa shape index (κ2) is 7.50. The summed E-state index contributed by atoms with van der Waals surface area (Å²) < 4.78 is 1.99. The fraction of sp³-hybridized carbons (Fsp3) is 0.182. The van der Waals surface area contributed by atoms with E-state index in [2.05, 4.69) is 5.32 Å². The highest BCUT2D eigenvalue weighted by molar-refractivity contribution is 5.98. The predicted molar refractivity (Wildman–Crippen MR) is 104 cm³/mol. The third kappa shape index (κ3) is 3.62. The van der Waals surface area contributed by atoms with E-state index < -0.39 is 6.04 Å². The summed E-state index contributed by atoms with van der Waals surface area (Å²) in [4.78, 5) is 27.2. The zero-order chi connectivity index (χ0) is 18.6. The molecular weight excluding hydrogens is 338 g/mol. The normalized spacial score (nSPS) is 16.8. The number of rotatable bonds is 4. The molecule has 0 unspecified atom stereocenters. The number of carbonyl (C=O) groups excluding carboxylic acids is 2. The van der Waals surface area contributed by atoms with Crippen LogP contribution in [0.1, 0.15) is 15.9 Å². The largest absolute Gasteiger partial charge is 0.353 e. The van der Waals surface area contributed by atoms with Gasteiger partial charge in [-0.2, -0.15) is 0 Å². The quantitative estimate of drug-likeness (QED) is 0.779. The molecule has 0 saturated carbocycles. The maximum absolute atomic E-state index is 13.1. The van der Waals surface area contributed by atoms with Gasteiger partial charge in [0.15, 0.2) is 0 Å². The van der Waals surface area contributed by atoms with Crippen molar-refractivity contribution < 1.29 is 9.59 Å². The molecule has 1 N–H and O–H groups in total. The first-order valence-corrected chi connectivity index (χ1v) is 9.08. The topological polar surface area (TPSA) is 54.3 Å². The molecular formula is C22H21N3O2. The van der Waals surface area contributed by atoms with Crippen molar-refractivity contribution in [3.8, 4) is 5.69 Å². The third-order valence-electron chi connectivity index (χ3n) is 4.88. The van der Waals surface area contributed by atoms with Gasteiger partial charge in [-0.3, -0.25) is 9.59 Å². The van der Waals surface area contributed by atoms with E-state index in [1.807, 2.05) is 83.7 Å². The van der Waals surface area contributed by atoms with Crippen molar-refractivity contribution in [3.05, 3.63) is 90.3 Å². The number of nitrogens with zero attached hydrogens (tertiary/aromatic N) is 2. The maximum Gasteiger partial charge on any atom is 0.254 e. The first kappa shape index (κ1) is 17.1. The van der Waals surface area contributed by atoms with Crippen LogP contribution in [0, 0.1) is 0 Å². The fourth-order valence-corrected chi connectivity index (χ4v) is 3.45. The highest BCUT2D eigenvalue weighted by Gasteiger charge is 2.33. The number of nitrogens with one attached hydrogen (secondary N) is 1. The molecule has 1 saturated heterocycles. The van der Waals surface area contributed by atoms with E-state index in [9.17, 15) is 9.59 Å². The molecule has 0 bridgehead atoms. The molecule has 0 aliphatic carbocycles. The van der Waals surface area contributed by atoms with Gasteiger partial charge in [0.05, 0.1) is 0 Å². The molecule has 2 amide bonds. The van der Waals surface area contributed by atoms with Crippen molar-refractivity contribution in [2.45, 2.75) is 12.5 Å². The van der Waals surface area contributed by atoms with Crippen molar-refractivity contribution in [2.75, 3.05) is 13.1 Å². The summed E-state index contributed by atoms with van der Waals surface area (Å²) in [5.74, 6) is -0.202. The molecule has 1 fully saturated rings. The van der Waals surface area contributed by atoms with Gasteiger partial charge < -0.3 is 14.8 Å². The van der Waals surface area contributed by atoms with Crippen LogP contribution in [-0.4, -0.2) is 40.4 Å². The van der Waals surface area contributed by atoms with Crippen LogP contribution in [0.15, 0.2) is 79.1 Å². The van der Waals surface area contributed by atoms with Crippen molar-refractivity contribution in [1.82, 2.24) is 14.8 Å². The molecule has 136 valence electrons. The van der Waals surface area contributed by atoms with Crippen molar-refractivity contribution in [3.63, 3.8) is 0 Å². The molecule has 5 nitrogen and oxygen atoms in total. The fourth-order valence-electron chi connectivity index (χ4n) is 3.45. The van der Waals surface area contributed by atoms with E-state index >= 15 is 0 Å². The summed E-state index contributed by atoms with van der Waals surface area (Å²) in [6.07, 6.45) is 4.43. The average molecular weight is 359 g/mol. The van der Waals surface area contributed by atoms with Crippen LogP contribution in [0.4, 0.5) is 0 Å². The molecule has 27 heavy (non-hydrogen) atoms. The molecule has 1 aliphatic heterocycles. The number of amides is 2. The summed E-state index contributed by atoms with van der Waals surface area (Å²) >= 11 is 0. The summed E-state index contributed by atoms with van der Waals surface area (Å²) in [5, 5.41) is 2.88. The highest BCUT2D eigenvalue weighted by Crippen LogP contribution is 2.17. The SMILES string of the molecule is O=C1NCCN(C(=O)c2ccc(-n3cccc3)cc2)[C@@H]1Cc1ccccc1. The Labute approximate surface area is 158 Å². The Hall–Kier alpha value is -3.34. The van der Waals surface area contributed by atoms with Crippen molar-refractivity contribution >= 4 is 11.8 Å². The Balaban J connectivity index is 1.55. The van der Waals surface area contributed by atoms with Crippen LogP contribution < -0.4 is 5.32 Å². The number of benzene rings is 2. The second-order valence-corrected chi connectivity index (χ2v) is 6.63. The minimum absolute atomic E-state index is 0.0950. The second-order valence-electron chi connectivity index (χ2n) is 6.63. The van der Waals surface area contributed by atoms with E-state index in [0.29, 0.717) is 25.1 Å². The van der Waals surface area contributed by atoms with Crippen molar-refractivity contribution in [2.24, 2.45) is 0 Å². The van der Waals surface area contributed by atoms with E-state index in [0.717, 1.165) is 11.3 Å². The Morgan fingerprint density at radius 2 is 1.67 bits per heavy atom. The highest BCUT2D eigenvalue weighted by atomic mass is 16.2. The maximum atomic E-state index is 13.1. The monoisotopic (exact) mass is 359 g/mol. The smallest absolute Gasteiger partial charge is 0.254 e.